The highest BCUT2D eigenvalue weighted by atomic mass is 19.1. The van der Waals surface area contributed by atoms with Gasteiger partial charge in [0, 0.05) is 23.9 Å². The van der Waals surface area contributed by atoms with Crippen LogP contribution in [0.1, 0.15) is 25.7 Å². The number of halogens is 1. The highest BCUT2D eigenvalue weighted by Crippen LogP contribution is 2.38. The third-order valence-corrected chi connectivity index (χ3v) is 4.74. The first-order chi connectivity index (χ1) is 12.7. The zero-order valence-corrected chi connectivity index (χ0v) is 14.1. The van der Waals surface area contributed by atoms with E-state index in [0.29, 0.717) is 22.7 Å². The van der Waals surface area contributed by atoms with Gasteiger partial charge in [0.25, 0.3) is 0 Å². The van der Waals surface area contributed by atoms with Gasteiger partial charge in [0.05, 0.1) is 5.56 Å². The maximum Gasteiger partial charge on any atom is 0.239 e. The third-order valence-electron chi connectivity index (χ3n) is 4.74. The van der Waals surface area contributed by atoms with Gasteiger partial charge in [-0.25, -0.2) is 4.39 Å². The minimum absolute atomic E-state index is 0.0136. The lowest BCUT2D eigenvalue weighted by Gasteiger charge is -2.09. The number of carbonyl (C=O) groups excluding carboxylic acids is 1. The number of rotatable bonds is 4. The van der Waals surface area contributed by atoms with Crippen molar-refractivity contribution in [3.05, 3.63) is 54.6 Å². The molecule has 0 spiro atoms. The van der Waals surface area contributed by atoms with Crippen molar-refractivity contribution in [2.45, 2.75) is 25.7 Å². The molecule has 0 saturated heterocycles. The Morgan fingerprint density at radius 2 is 1.73 bits per heavy atom. The first kappa shape index (κ1) is 16.4. The van der Waals surface area contributed by atoms with Gasteiger partial charge in [-0.3, -0.25) is 15.1 Å². The fourth-order valence-corrected chi connectivity index (χ4v) is 3.37. The number of benzene rings is 1. The summed E-state index contributed by atoms with van der Waals surface area (Å²) in [5, 5.41) is 7.03. The van der Waals surface area contributed by atoms with E-state index in [-0.39, 0.29) is 17.6 Å². The molecule has 0 radical (unpaired) electrons. The molecule has 1 aliphatic rings. The Balaban J connectivity index is 1.74. The quantitative estimate of drug-likeness (QED) is 0.741. The fraction of sp³-hybridized carbons (Fsp3) is 0.250. The smallest absolute Gasteiger partial charge is 0.239 e. The molecule has 2 aromatic heterocycles. The number of carbonyl (C=O) groups is 1. The van der Waals surface area contributed by atoms with Crippen molar-refractivity contribution in [1.82, 2.24) is 10.1 Å². The molecular formula is C20H18FN3O2. The molecule has 4 rings (SSSR count). The third kappa shape index (κ3) is 3.22. The summed E-state index contributed by atoms with van der Waals surface area (Å²) in [6, 6.07) is 9.67. The highest BCUT2D eigenvalue weighted by molar-refractivity contribution is 5.98. The van der Waals surface area contributed by atoms with Crippen LogP contribution in [0.5, 0.6) is 0 Å². The summed E-state index contributed by atoms with van der Waals surface area (Å²) in [6.07, 6.45) is 7.28. The average Bonchev–Trinajstić information content (AvgIpc) is 3.33. The van der Waals surface area contributed by atoms with Crippen molar-refractivity contribution < 1.29 is 13.7 Å². The number of hydrogen-bond donors (Lipinski definition) is 1. The van der Waals surface area contributed by atoms with Crippen molar-refractivity contribution in [2.75, 3.05) is 5.32 Å². The summed E-state index contributed by atoms with van der Waals surface area (Å²) < 4.78 is 18.7. The number of amides is 1. The van der Waals surface area contributed by atoms with Gasteiger partial charge in [-0.15, -0.1) is 0 Å². The van der Waals surface area contributed by atoms with Crippen LogP contribution < -0.4 is 5.32 Å². The summed E-state index contributed by atoms with van der Waals surface area (Å²) in [5.74, 6) is -0.0378. The molecule has 0 unspecified atom stereocenters. The number of aromatic nitrogens is 2. The van der Waals surface area contributed by atoms with Gasteiger partial charge >= 0.3 is 0 Å². The van der Waals surface area contributed by atoms with Gasteiger partial charge in [0.1, 0.15) is 11.5 Å². The molecule has 6 heteroatoms. The lowest BCUT2D eigenvalue weighted by atomic mass is 10.0. The van der Waals surface area contributed by atoms with E-state index in [2.05, 4.69) is 15.5 Å². The van der Waals surface area contributed by atoms with E-state index in [4.69, 9.17) is 4.52 Å². The molecule has 1 fully saturated rings. The Bertz CT molecular complexity index is 901. The van der Waals surface area contributed by atoms with E-state index in [1.165, 1.54) is 12.1 Å². The first-order valence-corrected chi connectivity index (χ1v) is 8.69. The highest BCUT2D eigenvalue weighted by Gasteiger charge is 2.26. The Morgan fingerprint density at radius 3 is 2.42 bits per heavy atom. The molecule has 0 aliphatic heterocycles. The van der Waals surface area contributed by atoms with Crippen molar-refractivity contribution in [3.63, 3.8) is 0 Å². The zero-order chi connectivity index (χ0) is 17.9. The summed E-state index contributed by atoms with van der Waals surface area (Å²) in [7, 11) is 0. The zero-order valence-electron chi connectivity index (χ0n) is 14.1. The lowest BCUT2D eigenvalue weighted by Crippen LogP contribution is -2.20. The van der Waals surface area contributed by atoms with E-state index in [0.717, 1.165) is 31.2 Å². The topological polar surface area (TPSA) is 68.0 Å². The molecule has 1 aromatic carbocycles. The second-order valence-corrected chi connectivity index (χ2v) is 6.45. The standard InChI is InChI=1S/C20H18FN3O2/c21-16-7-5-14(6-8-16)18-17(13-9-11-22-12-10-13)20(26-24-18)23-19(25)15-3-1-2-4-15/h5-12,15H,1-4H2,(H,23,25). The molecule has 5 nitrogen and oxygen atoms in total. The number of anilines is 1. The van der Waals surface area contributed by atoms with Crippen LogP contribution >= 0.6 is 0 Å². The summed E-state index contributed by atoms with van der Waals surface area (Å²) in [6.45, 7) is 0. The van der Waals surface area contributed by atoms with Crippen molar-refractivity contribution in [1.29, 1.82) is 0 Å². The molecule has 1 saturated carbocycles. The Hall–Kier alpha value is -3.02. The molecule has 0 atom stereocenters. The van der Waals surface area contributed by atoms with E-state index < -0.39 is 0 Å². The Kier molecular flexibility index (Phi) is 4.48. The Morgan fingerprint density at radius 1 is 1.04 bits per heavy atom. The molecule has 3 aromatic rings. The fourth-order valence-electron chi connectivity index (χ4n) is 3.37. The van der Waals surface area contributed by atoms with Gasteiger partial charge in [-0.2, -0.15) is 0 Å². The summed E-state index contributed by atoms with van der Waals surface area (Å²) in [5.41, 5.74) is 2.76. The van der Waals surface area contributed by atoms with Gasteiger partial charge in [0.2, 0.25) is 11.8 Å². The molecule has 132 valence electrons. The number of nitrogens with one attached hydrogen (secondary N) is 1. The van der Waals surface area contributed by atoms with Crippen LogP contribution in [0.4, 0.5) is 10.3 Å². The van der Waals surface area contributed by atoms with E-state index in [1.807, 2.05) is 12.1 Å². The SMILES string of the molecule is O=C(Nc1onc(-c2ccc(F)cc2)c1-c1ccncc1)C1CCCC1. The second kappa shape index (κ2) is 7.07. The first-order valence-electron chi connectivity index (χ1n) is 8.69. The number of hydrogen-bond acceptors (Lipinski definition) is 4. The summed E-state index contributed by atoms with van der Waals surface area (Å²) in [4.78, 5) is 16.6. The molecule has 0 bridgehead atoms. The van der Waals surface area contributed by atoms with Crippen LogP contribution in [0.3, 0.4) is 0 Å². The van der Waals surface area contributed by atoms with Crippen molar-refractivity contribution >= 4 is 11.8 Å². The van der Waals surface area contributed by atoms with E-state index in [1.54, 1.807) is 24.5 Å². The normalized spacial score (nSPS) is 14.5. The molecule has 1 amide bonds. The minimum Gasteiger partial charge on any atom is -0.337 e. The van der Waals surface area contributed by atoms with E-state index >= 15 is 0 Å². The summed E-state index contributed by atoms with van der Waals surface area (Å²) >= 11 is 0. The predicted molar refractivity (Wildman–Crippen MR) is 95.7 cm³/mol. The molecule has 2 heterocycles. The van der Waals surface area contributed by atoms with Crippen LogP contribution in [-0.2, 0) is 4.79 Å². The van der Waals surface area contributed by atoms with Crippen LogP contribution in [0.25, 0.3) is 22.4 Å². The van der Waals surface area contributed by atoms with Crippen LogP contribution in [0.15, 0.2) is 53.3 Å². The largest absolute Gasteiger partial charge is 0.337 e. The van der Waals surface area contributed by atoms with Crippen LogP contribution in [0.2, 0.25) is 0 Å². The number of nitrogens with zero attached hydrogens (tertiary/aromatic N) is 2. The van der Waals surface area contributed by atoms with Crippen LogP contribution in [0, 0.1) is 11.7 Å². The lowest BCUT2D eigenvalue weighted by molar-refractivity contribution is -0.119. The van der Waals surface area contributed by atoms with Crippen molar-refractivity contribution in [3.8, 4) is 22.4 Å². The maximum absolute atomic E-state index is 13.3. The average molecular weight is 351 g/mol. The predicted octanol–water partition coefficient (Wildman–Crippen LogP) is 4.67. The molecular weight excluding hydrogens is 333 g/mol. The van der Waals surface area contributed by atoms with E-state index in [9.17, 15) is 9.18 Å². The molecule has 26 heavy (non-hydrogen) atoms. The Labute approximate surface area is 150 Å². The van der Waals surface area contributed by atoms with Gasteiger partial charge < -0.3 is 4.52 Å². The molecule has 1 aliphatic carbocycles. The maximum atomic E-state index is 13.3. The van der Waals surface area contributed by atoms with Gasteiger partial charge in [-0.05, 0) is 54.8 Å². The van der Waals surface area contributed by atoms with Crippen molar-refractivity contribution in [2.24, 2.45) is 5.92 Å². The van der Waals surface area contributed by atoms with Crippen LogP contribution in [-0.4, -0.2) is 16.0 Å². The minimum atomic E-state index is -0.322. The van der Waals surface area contributed by atoms with Gasteiger partial charge in [0.15, 0.2) is 0 Å². The number of pyridine rings is 1. The molecule has 1 N–H and O–H groups in total. The second-order valence-electron chi connectivity index (χ2n) is 6.45. The van der Waals surface area contributed by atoms with Gasteiger partial charge in [-0.1, -0.05) is 18.0 Å². The monoisotopic (exact) mass is 351 g/mol.